The molecule has 0 bridgehead atoms. The van der Waals surface area contributed by atoms with E-state index in [4.69, 9.17) is 4.74 Å². The fourth-order valence-electron chi connectivity index (χ4n) is 10.2. The van der Waals surface area contributed by atoms with Gasteiger partial charge in [0.15, 0.2) is 23.6 Å². The van der Waals surface area contributed by atoms with Crippen LogP contribution in [0.15, 0.2) is 79.4 Å². The molecule has 5 aliphatic rings. The number of hydrogen-bond donors (Lipinski definition) is 3. The summed E-state index contributed by atoms with van der Waals surface area (Å²) < 4.78 is 47.0. The van der Waals surface area contributed by atoms with Gasteiger partial charge in [-0.05, 0) is 104 Å². The zero-order valence-corrected chi connectivity index (χ0v) is 36.2. The summed E-state index contributed by atoms with van der Waals surface area (Å²) in [6, 6.07) is 19.1. The fourth-order valence-corrected chi connectivity index (χ4v) is 10.2. The van der Waals surface area contributed by atoms with Crippen LogP contribution < -0.4 is 25.6 Å². The third-order valence-electron chi connectivity index (χ3n) is 14.2. The van der Waals surface area contributed by atoms with Gasteiger partial charge in [0.1, 0.15) is 23.5 Å². The Morgan fingerprint density at radius 2 is 1.61 bits per heavy atom. The zero-order chi connectivity index (χ0) is 45.6. The Morgan fingerprint density at radius 3 is 2.32 bits per heavy atom. The largest absolute Gasteiger partial charge is 0.484 e. The first-order chi connectivity index (χ1) is 31.9. The Morgan fingerprint density at radius 1 is 0.864 bits per heavy atom. The Labute approximate surface area is 378 Å². The maximum atomic E-state index is 13.1. The number of halogens is 3. The minimum absolute atomic E-state index is 0.000570. The number of pyridine rings is 1. The number of piperidine rings is 2. The van der Waals surface area contributed by atoms with Gasteiger partial charge in [-0.1, -0.05) is 18.2 Å². The molecule has 16 nitrogen and oxygen atoms in total. The van der Waals surface area contributed by atoms with Crippen molar-refractivity contribution in [3.63, 3.8) is 0 Å². The topological polar surface area (TPSA) is 180 Å². The molecule has 0 radical (unpaired) electrons. The smallest absolute Gasteiger partial charge is 0.433 e. The second kappa shape index (κ2) is 17.6. The molecule has 6 heterocycles. The number of aromatic nitrogens is 5. The molecule has 19 heteroatoms. The van der Waals surface area contributed by atoms with Crippen molar-refractivity contribution < 1.29 is 37.1 Å². The molecule has 3 aromatic heterocycles. The van der Waals surface area contributed by atoms with E-state index in [1.165, 1.54) is 31.3 Å². The molecule has 2 aromatic carbocycles. The van der Waals surface area contributed by atoms with Crippen molar-refractivity contribution in [1.82, 2.24) is 44.9 Å². The van der Waals surface area contributed by atoms with E-state index in [1.54, 1.807) is 18.5 Å². The van der Waals surface area contributed by atoms with Crippen LogP contribution in [-0.2, 0) is 20.6 Å². The third-order valence-corrected chi connectivity index (χ3v) is 14.2. The number of fused-ring (bicyclic) bond motifs is 1. The van der Waals surface area contributed by atoms with E-state index in [-0.39, 0.29) is 48.0 Å². The van der Waals surface area contributed by atoms with Gasteiger partial charge < -0.3 is 29.7 Å². The number of piperazine rings is 1. The summed E-state index contributed by atoms with van der Waals surface area (Å²) in [6.07, 6.45) is 4.86. The molecule has 5 aromatic rings. The molecular formula is C47H50F3N11O5. The molecule has 3 aliphatic heterocycles. The predicted molar refractivity (Wildman–Crippen MR) is 236 cm³/mol. The average molecular weight is 906 g/mol. The van der Waals surface area contributed by atoms with Gasteiger partial charge in [-0.25, -0.2) is 19.9 Å². The van der Waals surface area contributed by atoms with Gasteiger partial charge in [-0.2, -0.15) is 13.2 Å². The number of amides is 4. The quantitative estimate of drug-likeness (QED) is 0.140. The van der Waals surface area contributed by atoms with Crippen LogP contribution >= 0.6 is 0 Å². The van der Waals surface area contributed by atoms with Gasteiger partial charge in [-0.15, -0.1) is 0 Å². The van der Waals surface area contributed by atoms with E-state index < -0.39 is 17.8 Å². The van der Waals surface area contributed by atoms with Crippen molar-refractivity contribution in [2.75, 3.05) is 56.1 Å². The summed E-state index contributed by atoms with van der Waals surface area (Å²) in [7, 11) is 0. The molecule has 2 aliphatic carbocycles. The average Bonchev–Trinajstić information content (AvgIpc) is 3.73. The molecule has 1 unspecified atom stereocenters. The van der Waals surface area contributed by atoms with Gasteiger partial charge in [-0.3, -0.25) is 29.4 Å². The van der Waals surface area contributed by atoms with Crippen molar-refractivity contribution in [3.05, 3.63) is 96.3 Å². The standard InChI is InChI=1S/C47H50F3N11O5/c48-47(49,50)38-3-1-2-37(56-38)45(65)55-31-22-33(23-31)61-28-53-41-42(51-27-52-43(41)61)54-30-6-8-32(9-7-30)58-18-20-59(21-19-58)34-24-46(25-34)14-16-60(17-15-46)40(63)26-66-35-10-4-29(5-11-35)36-12-13-39(62)57-44(36)64/h1-11,27-28,31,33-34,36H,12-26H2,(H,55,65)(H,51,52,54)(H,57,62,64). The van der Waals surface area contributed by atoms with Crippen LogP contribution in [0.3, 0.4) is 0 Å². The lowest BCUT2D eigenvalue weighted by molar-refractivity contribution is -0.141. The van der Waals surface area contributed by atoms with Crippen molar-refractivity contribution >= 4 is 52.0 Å². The molecule has 2 saturated carbocycles. The highest BCUT2D eigenvalue weighted by atomic mass is 19.4. The van der Waals surface area contributed by atoms with Gasteiger partial charge in [0.25, 0.3) is 11.8 Å². The van der Waals surface area contributed by atoms with E-state index in [2.05, 4.69) is 57.8 Å². The number of benzene rings is 2. The SMILES string of the molecule is O=C1CCC(c2ccc(OCC(=O)N3CCC4(CC3)CC(N3CCN(c5ccc(Nc6ncnc7c6ncn7C6CC(NC(=O)c7cccc(C(F)(F)F)n7)C6)cc5)CC3)C4)cc2)C(=O)N1. The van der Waals surface area contributed by atoms with Crippen LogP contribution in [0, 0.1) is 5.41 Å². The monoisotopic (exact) mass is 905 g/mol. The van der Waals surface area contributed by atoms with E-state index in [9.17, 15) is 32.3 Å². The molecule has 344 valence electrons. The lowest BCUT2D eigenvalue weighted by Gasteiger charge is -2.56. The minimum Gasteiger partial charge on any atom is -0.484 e. The molecular weight excluding hydrogens is 856 g/mol. The summed E-state index contributed by atoms with van der Waals surface area (Å²) in [6.45, 7) is 5.34. The molecule has 5 fully saturated rings. The molecule has 10 rings (SSSR count). The maximum absolute atomic E-state index is 13.1. The van der Waals surface area contributed by atoms with Crippen molar-refractivity contribution in [3.8, 4) is 5.75 Å². The Bertz CT molecular complexity index is 2610. The van der Waals surface area contributed by atoms with Crippen molar-refractivity contribution in [2.24, 2.45) is 5.41 Å². The maximum Gasteiger partial charge on any atom is 0.433 e. The number of imidazole rings is 1. The highest BCUT2D eigenvalue weighted by Crippen LogP contribution is 2.51. The molecule has 3 N–H and O–H groups in total. The number of imide groups is 1. The van der Waals surface area contributed by atoms with Crippen LogP contribution in [-0.4, -0.2) is 116 Å². The number of likely N-dealkylation sites (tertiary alicyclic amines) is 1. The van der Waals surface area contributed by atoms with Crippen molar-refractivity contribution in [1.29, 1.82) is 0 Å². The zero-order valence-electron chi connectivity index (χ0n) is 36.2. The van der Waals surface area contributed by atoms with Crippen LogP contribution in [0.5, 0.6) is 5.75 Å². The number of rotatable bonds is 11. The fraction of sp³-hybridized carbons (Fsp3) is 0.447. The van der Waals surface area contributed by atoms with Crippen molar-refractivity contribution in [2.45, 2.75) is 81.6 Å². The normalized spacial score (nSPS) is 22.4. The lowest BCUT2D eigenvalue weighted by Crippen LogP contribution is -2.59. The summed E-state index contributed by atoms with van der Waals surface area (Å²) in [4.78, 5) is 73.4. The van der Waals surface area contributed by atoms with Gasteiger partial charge in [0.2, 0.25) is 11.8 Å². The number of ether oxygens (including phenoxy) is 1. The second-order valence-electron chi connectivity index (χ2n) is 18.2. The van der Waals surface area contributed by atoms with E-state index in [0.29, 0.717) is 59.9 Å². The van der Waals surface area contributed by atoms with Crippen LogP contribution in [0.25, 0.3) is 11.2 Å². The number of nitrogens with zero attached hydrogens (tertiary/aromatic N) is 8. The highest BCUT2D eigenvalue weighted by molar-refractivity contribution is 6.01. The Balaban J connectivity index is 0.644. The van der Waals surface area contributed by atoms with E-state index in [1.807, 2.05) is 33.7 Å². The number of anilines is 3. The summed E-state index contributed by atoms with van der Waals surface area (Å²) in [5, 5.41) is 8.57. The molecule has 4 amide bonds. The molecule has 3 saturated heterocycles. The first-order valence-electron chi connectivity index (χ1n) is 22.6. The lowest BCUT2D eigenvalue weighted by atomic mass is 9.60. The van der Waals surface area contributed by atoms with Crippen LogP contribution in [0.4, 0.5) is 30.4 Å². The summed E-state index contributed by atoms with van der Waals surface area (Å²) in [5.74, 6) is -0.381. The van der Waals surface area contributed by atoms with Gasteiger partial charge >= 0.3 is 6.18 Å². The summed E-state index contributed by atoms with van der Waals surface area (Å²) >= 11 is 0. The number of carbonyl (C=O) groups excluding carboxylic acids is 4. The van der Waals surface area contributed by atoms with E-state index >= 15 is 0 Å². The third kappa shape index (κ3) is 8.99. The molecule has 1 spiro atoms. The van der Waals surface area contributed by atoms with Crippen LogP contribution in [0.2, 0.25) is 0 Å². The van der Waals surface area contributed by atoms with Gasteiger partial charge in [0, 0.05) is 75.2 Å². The highest BCUT2D eigenvalue weighted by Gasteiger charge is 2.48. The predicted octanol–water partition coefficient (Wildman–Crippen LogP) is 5.61. The second-order valence-corrected chi connectivity index (χ2v) is 18.2. The first kappa shape index (κ1) is 43.3. The number of alkyl halides is 3. The van der Waals surface area contributed by atoms with E-state index in [0.717, 1.165) is 75.1 Å². The Hall–Kier alpha value is -6.63. The molecule has 66 heavy (non-hydrogen) atoms. The number of nitrogens with one attached hydrogen (secondary N) is 3. The first-order valence-corrected chi connectivity index (χ1v) is 22.6. The number of carbonyl (C=O) groups is 4. The Kier molecular flexibility index (Phi) is 11.6. The summed E-state index contributed by atoms with van der Waals surface area (Å²) in [5.41, 5.74) is 3.02. The number of hydrogen-bond acceptors (Lipinski definition) is 12. The van der Waals surface area contributed by atoms with Crippen LogP contribution in [0.1, 0.15) is 85.1 Å². The van der Waals surface area contributed by atoms with Gasteiger partial charge in [0.05, 0.1) is 12.2 Å². The minimum atomic E-state index is -4.63. The molecule has 1 atom stereocenters.